The van der Waals surface area contributed by atoms with E-state index in [4.69, 9.17) is 0 Å². The second-order valence-corrected chi connectivity index (χ2v) is 9.14. The predicted octanol–water partition coefficient (Wildman–Crippen LogP) is 2.61. The molecule has 2 heterocycles. The molecule has 0 atom stereocenters. The molecule has 0 spiro atoms. The van der Waals surface area contributed by atoms with Gasteiger partial charge in [0.1, 0.15) is 22.7 Å². The zero-order valence-corrected chi connectivity index (χ0v) is 20.4. The molecule has 0 saturated heterocycles. The van der Waals surface area contributed by atoms with Crippen molar-refractivity contribution in [2.24, 2.45) is 7.05 Å². The van der Waals surface area contributed by atoms with E-state index in [0.29, 0.717) is 24.2 Å². The molecule has 0 radical (unpaired) electrons. The van der Waals surface area contributed by atoms with Crippen LogP contribution in [-0.4, -0.2) is 29.8 Å². The molecule has 11 heteroatoms. The number of carbonyl (C=O) groups excluding carboxylic acids is 1. The van der Waals surface area contributed by atoms with Crippen LogP contribution < -0.4 is 27.4 Å². The Hall–Kier alpha value is -4.80. The zero-order valence-electron chi connectivity index (χ0n) is 20.4. The molecule has 1 amide bonds. The number of fused-ring (bicyclic) bond motifs is 1. The van der Waals surface area contributed by atoms with Gasteiger partial charge in [0, 0.05) is 37.3 Å². The molecule has 37 heavy (non-hydrogen) atoms. The van der Waals surface area contributed by atoms with Crippen LogP contribution >= 0.6 is 0 Å². The van der Waals surface area contributed by atoms with Gasteiger partial charge in [0.05, 0.1) is 16.9 Å². The van der Waals surface area contributed by atoms with Crippen LogP contribution in [0.15, 0.2) is 56.8 Å². The van der Waals surface area contributed by atoms with Crippen molar-refractivity contribution in [3.05, 3.63) is 79.2 Å². The molecular weight excluding hydrogens is 478 g/mol. The second-order valence-electron chi connectivity index (χ2n) is 9.14. The van der Waals surface area contributed by atoms with Crippen molar-refractivity contribution in [1.82, 2.24) is 13.7 Å². The highest BCUT2D eigenvalue weighted by molar-refractivity contribution is 5.94. The number of pyridine rings is 1. The maximum atomic E-state index is 13.8. The maximum absolute atomic E-state index is 13.8. The fourth-order valence-corrected chi connectivity index (χ4v) is 4.53. The van der Waals surface area contributed by atoms with Crippen molar-refractivity contribution in [2.45, 2.75) is 32.7 Å². The molecule has 2 aromatic heterocycles. The van der Waals surface area contributed by atoms with E-state index in [2.05, 4.69) is 10.6 Å². The Morgan fingerprint density at radius 2 is 1.76 bits per heavy atom. The first-order chi connectivity index (χ1) is 17.6. The topological polar surface area (TPSA) is 148 Å². The largest absolute Gasteiger partial charge is 0.508 e. The molecule has 1 aliphatic carbocycles. The van der Waals surface area contributed by atoms with Gasteiger partial charge < -0.3 is 20.8 Å². The summed E-state index contributed by atoms with van der Waals surface area (Å²) < 4.78 is 3.77. The summed E-state index contributed by atoms with van der Waals surface area (Å²) in [6.07, 6.45) is 1.33. The van der Waals surface area contributed by atoms with Crippen LogP contribution in [0.3, 0.4) is 0 Å². The van der Waals surface area contributed by atoms with Crippen molar-refractivity contribution in [3.63, 3.8) is 0 Å². The summed E-state index contributed by atoms with van der Waals surface area (Å²) >= 11 is 0. The van der Waals surface area contributed by atoms with Crippen LogP contribution in [0.4, 0.5) is 17.2 Å². The van der Waals surface area contributed by atoms with Gasteiger partial charge in [0.2, 0.25) is 5.91 Å². The minimum Gasteiger partial charge on any atom is -0.508 e. The third-order valence-corrected chi connectivity index (χ3v) is 6.41. The van der Waals surface area contributed by atoms with Gasteiger partial charge in [-0.25, -0.2) is 4.79 Å². The third kappa shape index (κ3) is 4.03. The van der Waals surface area contributed by atoms with E-state index >= 15 is 0 Å². The Kier molecular flexibility index (Phi) is 5.62. The van der Waals surface area contributed by atoms with Crippen LogP contribution in [0.2, 0.25) is 0 Å². The Morgan fingerprint density at radius 3 is 2.41 bits per heavy atom. The Bertz CT molecular complexity index is 1780. The van der Waals surface area contributed by atoms with Gasteiger partial charge in [-0.05, 0) is 50.1 Å². The van der Waals surface area contributed by atoms with Crippen molar-refractivity contribution in [2.75, 3.05) is 10.6 Å². The summed E-state index contributed by atoms with van der Waals surface area (Å²) in [5, 5.41) is 25.8. The van der Waals surface area contributed by atoms with Crippen LogP contribution in [-0.2, 0) is 11.8 Å². The van der Waals surface area contributed by atoms with Crippen molar-refractivity contribution < 1.29 is 15.0 Å². The highest BCUT2D eigenvalue weighted by Crippen LogP contribution is 2.35. The van der Waals surface area contributed by atoms with E-state index in [1.807, 2.05) is 0 Å². The van der Waals surface area contributed by atoms with Crippen LogP contribution in [0.5, 0.6) is 11.5 Å². The molecule has 4 N–H and O–H groups in total. The van der Waals surface area contributed by atoms with Gasteiger partial charge in [-0.2, -0.15) is 0 Å². The summed E-state index contributed by atoms with van der Waals surface area (Å²) in [4.78, 5) is 52.5. The fraction of sp³-hybridized carbons (Fsp3) is 0.231. The van der Waals surface area contributed by atoms with Crippen molar-refractivity contribution in [3.8, 4) is 17.2 Å². The fourth-order valence-electron chi connectivity index (χ4n) is 4.53. The van der Waals surface area contributed by atoms with E-state index < -0.39 is 16.8 Å². The number of rotatable bonds is 5. The number of aromatic hydroxyl groups is 2. The number of phenols is 2. The van der Waals surface area contributed by atoms with Gasteiger partial charge in [0.25, 0.3) is 11.1 Å². The number of aryl methyl sites for hydroxylation is 1. The maximum Gasteiger partial charge on any atom is 0.336 e. The van der Waals surface area contributed by atoms with E-state index in [1.54, 1.807) is 31.2 Å². The van der Waals surface area contributed by atoms with Crippen molar-refractivity contribution >= 4 is 34.0 Å². The first-order valence-electron chi connectivity index (χ1n) is 11.7. The molecule has 1 fully saturated rings. The van der Waals surface area contributed by atoms with E-state index in [1.165, 1.54) is 39.8 Å². The average Bonchev–Trinajstić information content (AvgIpc) is 3.67. The monoisotopic (exact) mass is 503 g/mol. The van der Waals surface area contributed by atoms with Gasteiger partial charge in [-0.15, -0.1) is 0 Å². The van der Waals surface area contributed by atoms with Gasteiger partial charge in [0.15, 0.2) is 0 Å². The first kappa shape index (κ1) is 23.9. The lowest BCUT2D eigenvalue weighted by Crippen LogP contribution is -2.41. The molecule has 0 bridgehead atoms. The standard InChI is InChI=1S/C26H25N5O6/c1-13-22-21(23(29(3)24(13)35)28-19-10-9-18(33)12-20(19)34)25(36)31(16-7-8-16)26(37)30(22)17-6-4-5-15(11-17)27-14(2)32/h4-6,9-12,16,28,33-34H,7-8H2,1-3H3,(H,27,32). The summed E-state index contributed by atoms with van der Waals surface area (Å²) in [7, 11) is 1.49. The number of aromatic nitrogens is 3. The van der Waals surface area contributed by atoms with E-state index in [-0.39, 0.29) is 51.4 Å². The number of amides is 1. The summed E-state index contributed by atoms with van der Waals surface area (Å²) in [6.45, 7) is 2.91. The van der Waals surface area contributed by atoms with Crippen LogP contribution in [0.1, 0.15) is 31.4 Å². The normalized spacial score (nSPS) is 13.1. The molecule has 5 rings (SSSR count). The van der Waals surface area contributed by atoms with Crippen LogP contribution in [0, 0.1) is 6.92 Å². The number of carbonyl (C=O) groups is 1. The Labute approximate surface area is 209 Å². The highest BCUT2D eigenvalue weighted by Gasteiger charge is 2.31. The molecule has 0 aliphatic heterocycles. The first-order valence-corrected chi connectivity index (χ1v) is 11.7. The number of nitrogens with zero attached hydrogens (tertiary/aromatic N) is 3. The van der Waals surface area contributed by atoms with Gasteiger partial charge >= 0.3 is 5.69 Å². The lowest BCUT2D eigenvalue weighted by atomic mass is 10.1. The minimum atomic E-state index is -0.588. The molecule has 190 valence electrons. The summed E-state index contributed by atoms with van der Waals surface area (Å²) in [5.41, 5.74) is -0.334. The number of phenolic OH excluding ortho intramolecular Hbond substituents is 2. The average molecular weight is 504 g/mol. The van der Waals surface area contributed by atoms with Gasteiger partial charge in [-0.1, -0.05) is 6.07 Å². The quantitative estimate of drug-likeness (QED) is 0.242. The second kappa shape index (κ2) is 8.70. The molecule has 1 saturated carbocycles. The smallest absolute Gasteiger partial charge is 0.336 e. The highest BCUT2D eigenvalue weighted by atomic mass is 16.3. The van der Waals surface area contributed by atoms with Crippen molar-refractivity contribution in [1.29, 1.82) is 0 Å². The molecule has 0 unspecified atom stereocenters. The molecule has 2 aromatic carbocycles. The lowest BCUT2D eigenvalue weighted by Gasteiger charge is -2.21. The number of anilines is 3. The summed E-state index contributed by atoms with van der Waals surface area (Å²) in [6, 6.07) is 10.2. The molecule has 11 nitrogen and oxygen atoms in total. The number of benzene rings is 2. The van der Waals surface area contributed by atoms with E-state index in [9.17, 15) is 29.4 Å². The van der Waals surface area contributed by atoms with E-state index in [0.717, 1.165) is 6.07 Å². The number of nitrogens with one attached hydrogen (secondary N) is 2. The molecular formula is C26H25N5O6. The van der Waals surface area contributed by atoms with Crippen LogP contribution in [0.25, 0.3) is 16.6 Å². The third-order valence-electron chi connectivity index (χ3n) is 6.41. The summed E-state index contributed by atoms with van der Waals surface area (Å²) in [5.74, 6) is -0.657. The van der Waals surface area contributed by atoms with Gasteiger partial charge in [-0.3, -0.25) is 28.1 Å². The lowest BCUT2D eigenvalue weighted by molar-refractivity contribution is -0.114. The Balaban J connectivity index is 1.90. The SMILES string of the molecule is CC(=O)Nc1cccc(-n2c(=O)n(C3CC3)c(=O)c3c(Nc4ccc(O)cc4O)n(C)c(=O)c(C)c32)c1. The predicted molar refractivity (Wildman–Crippen MR) is 139 cm³/mol. The molecule has 1 aliphatic rings. The molecule has 4 aromatic rings. The minimum absolute atomic E-state index is 0.0813. The Morgan fingerprint density at radius 1 is 1.03 bits per heavy atom. The number of hydrogen-bond donors (Lipinski definition) is 4. The number of hydrogen-bond acceptors (Lipinski definition) is 7. The zero-order chi connectivity index (χ0) is 26.6.